The molecule has 4 rings (SSSR count). The summed E-state index contributed by atoms with van der Waals surface area (Å²) in [5.41, 5.74) is 2.20. The topological polar surface area (TPSA) is 44.7 Å². The van der Waals surface area contributed by atoms with Crippen molar-refractivity contribution >= 4 is 24.8 Å². The average Bonchev–Trinajstić information content (AvgIpc) is 3.24. The highest BCUT2D eigenvalue weighted by Gasteiger charge is 2.33. The highest BCUT2D eigenvalue weighted by atomic mass is 35.5. The van der Waals surface area contributed by atoms with E-state index in [1.807, 2.05) is 24.3 Å². The number of phenols is 1. The normalized spacial score (nSPS) is 18.5. The van der Waals surface area contributed by atoms with Crippen molar-refractivity contribution in [2.24, 2.45) is 5.92 Å². The van der Waals surface area contributed by atoms with Gasteiger partial charge in [0.2, 0.25) is 0 Å². The molecule has 0 radical (unpaired) electrons. The smallest absolute Gasteiger partial charge is 0.124 e. The third-order valence-corrected chi connectivity index (χ3v) is 5.96. The number of hydrogen-bond acceptors (Lipinski definition) is 4. The summed E-state index contributed by atoms with van der Waals surface area (Å²) in [5.74, 6) is 1.74. The van der Waals surface area contributed by atoms with Gasteiger partial charge >= 0.3 is 0 Å². The van der Waals surface area contributed by atoms with Crippen LogP contribution in [0.25, 0.3) is 0 Å². The maximum Gasteiger partial charge on any atom is 0.124 e. The van der Waals surface area contributed by atoms with Crippen molar-refractivity contribution < 1.29 is 9.84 Å². The van der Waals surface area contributed by atoms with E-state index in [0.29, 0.717) is 24.3 Å². The quantitative estimate of drug-likeness (QED) is 0.669. The largest absolute Gasteiger partial charge is 0.507 e. The minimum absolute atomic E-state index is 0. The number of piperazine rings is 1. The van der Waals surface area contributed by atoms with E-state index in [4.69, 9.17) is 4.74 Å². The van der Waals surface area contributed by atoms with Crippen LogP contribution in [0.15, 0.2) is 48.5 Å². The maximum atomic E-state index is 10.8. The fourth-order valence-electron chi connectivity index (χ4n) is 4.59. The Morgan fingerprint density at radius 1 is 1.00 bits per heavy atom. The summed E-state index contributed by atoms with van der Waals surface area (Å²) in [5, 5.41) is 14.3. The summed E-state index contributed by atoms with van der Waals surface area (Å²) in [6, 6.07) is 16.3. The molecule has 2 aliphatic rings. The van der Waals surface area contributed by atoms with Crippen LogP contribution in [0.1, 0.15) is 42.9 Å². The lowest BCUT2D eigenvalue weighted by Crippen LogP contribution is -2.46. The zero-order valence-corrected chi connectivity index (χ0v) is 18.4. The van der Waals surface area contributed by atoms with Gasteiger partial charge < -0.3 is 15.2 Å². The molecule has 1 atom stereocenters. The van der Waals surface area contributed by atoms with Crippen LogP contribution in [-0.4, -0.2) is 36.2 Å². The molecule has 1 saturated carbocycles. The lowest BCUT2D eigenvalue weighted by atomic mass is 9.89. The van der Waals surface area contributed by atoms with Gasteiger partial charge in [-0.15, -0.1) is 24.8 Å². The van der Waals surface area contributed by atoms with Crippen LogP contribution in [0.4, 0.5) is 0 Å². The van der Waals surface area contributed by atoms with E-state index >= 15 is 0 Å². The first kappa shape index (κ1) is 23.8. The van der Waals surface area contributed by atoms with Gasteiger partial charge in [0.05, 0.1) is 0 Å². The van der Waals surface area contributed by atoms with E-state index < -0.39 is 0 Å². The Balaban J connectivity index is 0.00000150. The monoisotopic (exact) mass is 438 g/mol. The van der Waals surface area contributed by atoms with Crippen LogP contribution in [0.2, 0.25) is 0 Å². The molecule has 29 heavy (non-hydrogen) atoms. The van der Waals surface area contributed by atoms with Crippen LogP contribution >= 0.6 is 24.8 Å². The van der Waals surface area contributed by atoms with E-state index in [2.05, 4.69) is 28.4 Å². The van der Waals surface area contributed by atoms with Crippen LogP contribution in [-0.2, 0) is 6.61 Å². The first-order valence-electron chi connectivity index (χ1n) is 10.3. The van der Waals surface area contributed by atoms with Crippen molar-refractivity contribution in [3.8, 4) is 11.5 Å². The summed E-state index contributed by atoms with van der Waals surface area (Å²) in [4.78, 5) is 2.56. The fraction of sp³-hybridized carbons (Fsp3) is 0.478. The number of phenolic OH excluding ortho intramolecular Hbond substituents is 1. The minimum Gasteiger partial charge on any atom is -0.507 e. The maximum absolute atomic E-state index is 10.8. The van der Waals surface area contributed by atoms with Gasteiger partial charge in [0.15, 0.2) is 0 Å². The zero-order chi connectivity index (χ0) is 18.5. The van der Waals surface area contributed by atoms with Crippen LogP contribution < -0.4 is 10.1 Å². The van der Waals surface area contributed by atoms with Crippen LogP contribution in [0.5, 0.6) is 11.5 Å². The van der Waals surface area contributed by atoms with Gasteiger partial charge in [0.25, 0.3) is 0 Å². The number of nitrogens with one attached hydrogen (secondary N) is 1. The van der Waals surface area contributed by atoms with Gasteiger partial charge in [-0.05, 0) is 30.4 Å². The predicted octanol–water partition coefficient (Wildman–Crippen LogP) is 4.95. The lowest BCUT2D eigenvalue weighted by Gasteiger charge is -2.39. The molecule has 1 aliphatic heterocycles. The number of nitrogens with zero attached hydrogens (tertiary/aromatic N) is 1. The average molecular weight is 439 g/mol. The Labute approximate surface area is 186 Å². The number of halogens is 2. The molecule has 1 aliphatic carbocycles. The Morgan fingerprint density at radius 3 is 2.34 bits per heavy atom. The van der Waals surface area contributed by atoms with Crippen molar-refractivity contribution in [3.63, 3.8) is 0 Å². The second-order valence-corrected chi connectivity index (χ2v) is 7.77. The van der Waals surface area contributed by atoms with Gasteiger partial charge in [-0.3, -0.25) is 4.90 Å². The molecular formula is C23H32Cl2N2O2. The van der Waals surface area contributed by atoms with Crippen molar-refractivity contribution in [1.82, 2.24) is 10.2 Å². The van der Waals surface area contributed by atoms with E-state index in [1.165, 1.54) is 25.7 Å². The highest BCUT2D eigenvalue weighted by Crippen LogP contribution is 2.43. The van der Waals surface area contributed by atoms with Crippen molar-refractivity contribution in [2.75, 3.05) is 26.2 Å². The van der Waals surface area contributed by atoms with Gasteiger partial charge in [0.1, 0.15) is 18.1 Å². The van der Waals surface area contributed by atoms with Gasteiger partial charge in [-0.1, -0.05) is 49.2 Å². The molecular weight excluding hydrogens is 407 g/mol. The number of benzene rings is 2. The Morgan fingerprint density at radius 2 is 1.69 bits per heavy atom. The molecule has 0 unspecified atom stereocenters. The molecule has 0 bridgehead atoms. The van der Waals surface area contributed by atoms with Crippen LogP contribution in [0, 0.1) is 5.92 Å². The lowest BCUT2D eigenvalue weighted by molar-refractivity contribution is 0.123. The Hall–Kier alpha value is -1.46. The summed E-state index contributed by atoms with van der Waals surface area (Å²) >= 11 is 0. The second-order valence-electron chi connectivity index (χ2n) is 7.77. The Bertz CT molecular complexity index is 733. The first-order valence-corrected chi connectivity index (χ1v) is 10.3. The fourth-order valence-corrected chi connectivity index (χ4v) is 4.59. The highest BCUT2D eigenvalue weighted by molar-refractivity contribution is 5.85. The molecule has 2 aromatic rings. The molecule has 2 fully saturated rings. The SMILES string of the molecule is Cl.Cl.Oc1cc(OCc2ccccc2)ccc1[C@H](C1CCCC1)N1CCNCC1. The zero-order valence-electron chi connectivity index (χ0n) is 16.8. The molecule has 2 N–H and O–H groups in total. The van der Waals surface area contributed by atoms with Crippen LogP contribution in [0.3, 0.4) is 0 Å². The van der Waals surface area contributed by atoms with E-state index in [1.54, 1.807) is 6.07 Å². The molecule has 2 aromatic carbocycles. The molecule has 1 saturated heterocycles. The minimum atomic E-state index is 0. The summed E-state index contributed by atoms with van der Waals surface area (Å²) in [6.07, 6.45) is 5.15. The molecule has 4 nitrogen and oxygen atoms in total. The Kier molecular flexibility index (Phi) is 9.57. The second kappa shape index (κ2) is 11.7. The van der Waals surface area contributed by atoms with Crippen molar-refractivity contribution in [2.45, 2.75) is 38.3 Å². The number of aromatic hydroxyl groups is 1. The van der Waals surface area contributed by atoms with Crippen molar-refractivity contribution in [1.29, 1.82) is 0 Å². The van der Waals surface area contributed by atoms with Gasteiger partial charge in [-0.25, -0.2) is 0 Å². The summed E-state index contributed by atoms with van der Waals surface area (Å²) in [6.45, 7) is 4.67. The third kappa shape index (κ3) is 6.02. The molecule has 6 heteroatoms. The number of rotatable bonds is 6. The van der Waals surface area contributed by atoms with E-state index in [-0.39, 0.29) is 24.8 Å². The molecule has 0 aromatic heterocycles. The number of ether oxygens (including phenoxy) is 1. The first-order chi connectivity index (χ1) is 13.3. The molecule has 0 spiro atoms. The number of hydrogen-bond donors (Lipinski definition) is 2. The molecule has 1 heterocycles. The standard InChI is InChI=1S/C23H30N2O2.2ClH/c26-22-16-20(27-17-18-6-2-1-3-7-18)10-11-21(22)23(19-8-4-5-9-19)25-14-12-24-13-15-25;;/h1-3,6-7,10-11,16,19,23-24,26H,4-5,8-9,12-15,17H2;2*1H/t23-;;/m0../s1. The third-order valence-electron chi connectivity index (χ3n) is 5.96. The van der Waals surface area contributed by atoms with Gasteiger partial charge in [0, 0.05) is 43.9 Å². The molecule has 0 amide bonds. The van der Waals surface area contributed by atoms with E-state index in [9.17, 15) is 5.11 Å². The summed E-state index contributed by atoms with van der Waals surface area (Å²) in [7, 11) is 0. The predicted molar refractivity (Wildman–Crippen MR) is 123 cm³/mol. The van der Waals surface area contributed by atoms with Gasteiger partial charge in [-0.2, -0.15) is 0 Å². The van der Waals surface area contributed by atoms with Crippen molar-refractivity contribution in [3.05, 3.63) is 59.7 Å². The molecule has 160 valence electrons. The summed E-state index contributed by atoms with van der Waals surface area (Å²) < 4.78 is 5.89. The van der Waals surface area contributed by atoms with E-state index in [0.717, 1.165) is 43.1 Å².